The molecule has 0 unspecified atom stereocenters. The number of aryl methyl sites for hydroxylation is 1. The first-order valence-corrected chi connectivity index (χ1v) is 6.91. The van der Waals surface area contributed by atoms with E-state index in [0.717, 1.165) is 31.0 Å². The van der Waals surface area contributed by atoms with E-state index in [9.17, 15) is 0 Å². The van der Waals surface area contributed by atoms with Gasteiger partial charge in [0.2, 0.25) is 0 Å². The Hall–Kier alpha value is -1.74. The third-order valence-electron chi connectivity index (χ3n) is 3.64. The average molecular weight is 257 g/mol. The molecule has 0 radical (unpaired) electrons. The normalized spacial score (nSPS) is 11.2. The molecule has 19 heavy (non-hydrogen) atoms. The summed E-state index contributed by atoms with van der Waals surface area (Å²) in [6.07, 6.45) is 0. The lowest BCUT2D eigenvalue weighted by Crippen LogP contribution is -2.22. The fraction of sp³-hybridized carbons (Fsp3) is 0.375. The summed E-state index contributed by atoms with van der Waals surface area (Å²) >= 11 is 0. The van der Waals surface area contributed by atoms with E-state index in [4.69, 9.17) is 5.84 Å². The minimum absolute atomic E-state index is 0.947. The van der Waals surface area contributed by atoms with Gasteiger partial charge in [-0.2, -0.15) is 0 Å². The number of nitrogens with two attached hydrogens (primary N) is 1. The summed E-state index contributed by atoms with van der Waals surface area (Å²) in [7, 11) is 0. The summed E-state index contributed by atoms with van der Waals surface area (Å²) in [5.74, 6) is 6.19. The smallest absolute Gasteiger partial charge is 0.0738 e. The average Bonchev–Trinajstić information content (AvgIpc) is 2.72. The van der Waals surface area contributed by atoms with E-state index in [1.54, 1.807) is 4.68 Å². The maximum Gasteiger partial charge on any atom is 0.0738 e. The Morgan fingerprint density at radius 3 is 2.32 bits per heavy atom. The number of hydrogen-bond acceptors (Lipinski definition) is 2. The van der Waals surface area contributed by atoms with E-state index in [1.807, 2.05) is 6.07 Å². The van der Waals surface area contributed by atoms with Gasteiger partial charge in [0, 0.05) is 17.8 Å². The van der Waals surface area contributed by atoms with Crippen molar-refractivity contribution in [1.29, 1.82) is 0 Å². The van der Waals surface area contributed by atoms with Crippen LogP contribution in [0.25, 0.3) is 11.3 Å². The molecular weight excluding hydrogens is 234 g/mol. The Kier molecular flexibility index (Phi) is 4.27. The molecule has 1 heterocycles. The van der Waals surface area contributed by atoms with Crippen molar-refractivity contribution in [2.45, 2.75) is 27.3 Å². The van der Waals surface area contributed by atoms with Crippen molar-refractivity contribution in [3.8, 4) is 11.3 Å². The summed E-state index contributed by atoms with van der Waals surface area (Å²) < 4.78 is 1.80. The quantitative estimate of drug-likeness (QED) is 0.835. The highest BCUT2D eigenvalue weighted by Gasteiger charge is 2.14. The second kappa shape index (κ2) is 5.93. The van der Waals surface area contributed by atoms with Gasteiger partial charge in [0.1, 0.15) is 0 Å². The lowest BCUT2D eigenvalue weighted by Gasteiger charge is -2.18. The second-order valence-corrected chi connectivity index (χ2v) is 4.86. The van der Waals surface area contributed by atoms with Crippen LogP contribution in [0.15, 0.2) is 36.4 Å². The molecule has 0 aliphatic rings. The molecule has 0 aliphatic heterocycles. The first-order chi connectivity index (χ1) is 9.17. The largest absolute Gasteiger partial charge is 0.339 e. The molecule has 2 aromatic rings. The molecule has 0 amide bonds. The van der Waals surface area contributed by atoms with Gasteiger partial charge in [0.05, 0.1) is 5.69 Å². The second-order valence-electron chi connectivity index (χ2n) is 4.86. The van der Waals surface area contributed by atoms with Crippen LogP contribution in [0, 0.1) is 6.92 Å². The maximum absolute atomic E-state index is 6.19. The standard InChI is InChI=1S/C16H23N3/c1-4-18(5-2)12-15-11-13(3)19(17)16(15)14-9-7-6-8-10-14/h6-11H,4-5,12,17H2,1-3H3. The molecule has 0 fully saturated rings. The van der Waals surface area contributed by atoms with E-state index in [0.29, 0.717) is 0 Å². The van der Waals surface area contributed by atoms with Crippen molar-refractivity contribution in [2.75, 3.05) is 18.9 Å². The summed E-state index contributed by atoms with van der Waals surface area (Å²) in [4.78, 5) is 2.40. The van der Waals surface area contributed by atoms with E-state index in [-0.39, 0.29) is 0 Å². The zero-order valence-corrected chi connectivity index (χ0v) is 12.1. The predicted molar refractivity (Wildman–Crippen MR) is 81.4 cm³/mol. The topological polar surface area (TPSA) is 34.2 Å². The highest BCUT2D eigenvalue weighted by Crippen LogP contribution is 2.26. The minimum Gasteiger partial charge on any atom is -0.339 e. The van der Waals surface area contributed by atoms with E-state index >= 15 is 0 Å². The van der Waals surface area contributed by atoms with Gasteiger partial charge in [-0.25, -0.2) is 0 Å². The molecule has 1 aromatic carbocycles. The van der Waals surface area contributed by atoms with Crippen LogP contribution in [0.3, 0.4) is 0 Å². The van der Waals surface area contributed by atoms with Crippen molar-refractivity contribution in [3.63, 3.8) is 0 Å². The van der Waals surface area contributed by atoms with Gasteiger partial charge in [-0.3, -0.25) is 9.58 Å². The van der Waals surface area contributed by atoms with Crippen LogP contribution in [0.5, 0.6) is 0 Å². The summed E-state index contributed by atoms with van der Waals surface area (Å²) in [5.41, 5.74) is 4.71. The summed E-state index contributed by atoms with van der Waals surface area (Å²) in [5, 5.41) is 0. The SMILES string of the molecule is CCN(CC)Cc1cc(C)n(N)c1-c1ccccc1. The van der Waals surface area contributed by atoms with Crippen LogP contribution in [-0.2, 0) is 6.54 Å². The summed E-state index contributed by atoms with van der Waals surface area (Å²) in [6.45, 7) is 9.50. The molecule has 0 bridgehead atoms. The Morgan fingerprint density at radius 2 is 1.74 bits per heavy atom. The van der Waals surface area contributed by atoms with Gasteiger partial charge in [0.15, 0.2) is 0 Å². The fourth-order valence-corrected chi connectivity index (χ4v) is 2.45. The highest BCUT2D eigenvalue weighted by molar-refractivity contribution is 5.65. The first kappa shape index (κ1) is 13.7. The predicted octanol–water partition coefficient (Wildman–Crippen LogP) is 3.02. The zero-order chi connectivity index (χ0) is 13.8. The first-order valence-electron chi connectivity index (χ1n) is 6.91. The monoisotopic (exact) mass is 257 g/mol. The van der Waals surface area contributed by atoms with Crippen LogP contribution in [0.2, 0.25) is 0 Å². The van der Waals surface area contributed by atoms with E-state index in [2.05, 4.69) is 56.0 Å². The molecule has 2 rings (SSSR count). The molecule has 0 saturated carbocycles. The molecule has 3 nitrogen and oxygen atoms in total. The molecular formula is C16H23N3. The van der Waals surface area contributed by atoms with Crippen LogP contribution >= 0.6 is 0 Å². The van der Waals surface area contributed by atoms with Gasteiger partial charge in [0.25, 0.3) is 0 Å². The Morgan fingerprint density at radius 1 is 1.11 bits per heavy atom. The fourth-order valence-electron chi connectivity index (χ4n) is 2.45. The van der Waals surface area contributed by atoms with Gasteiger partial charge < -0.3 is 5.84 Å². The number of hydrogen-bond donors (Lipinski definition) is 1. The third-order valence-corrected chi connectivity index (χ3v) is 3.64. The van der Waals surface area contributed by atoms with Crippen molar-refractivity contribution in [2.24, 2.45) is 0 Å². The number of nitrogens with zero attached hydrogens (tertiary/aromatic N) is 2. The van der Waals surface area contributed by atoms with Crippen molar-refractivity contribution in [3.05, 3.63) is 47.7 Å². The number of benzene rings is 1. The van der Waals surface area contributed by atoms with Crippen LogP contribution in [0.1, 0.15) is 25.1 Å². The molecule has 0 aliphatic carbocycles. The van der Waals surface area contributed by atoms with Gasteiger partial charge in [-0.1, -0.05) is 44.2 Å². The Bertz CT molecular complexity index is 524. The molecule has 2 N–H and O–H groups in total. The number of nitrogen functional groups attached to an aromatic ring is 1. The molecule has 0 atom stereocenters. The highest BCUT2D eigenvalue weighted by atomic mass is 15.3. The molecule has 0 saturated heterocycles. The molecule has 1 aromatic heterocycles. The summed E-state index contributed by atoms with van der Waals surface area (Å²) in [6, 6.07) is 12.6. The third kappa shape index (κ3) is 2.82. The van der Waals surface area contributed by atoms with Crippen LogP contribution in [0.4, 0.5) is 0 Å². The number of aromatic nitrogens is 1. The van der Waals surface area contributed by atoms with Crippen molar-refractivity contribution >= 4 is 0 Å². The molecule has 3 heteroatoms. The van der Waals surface area contributed by atoms with Gasteiger partial charge in [-0.05, 0) is 31.6 Å². The molecule has 0 spiro atoms. The lowest BCUT2D eigenvalue weighted by molar-refractivity contribution is 0.296. The Balaban J connectivity index is 2.42. The van der Waals surface area contributed by atoms with Gasteiger partial charge >= 0.3 is 0 Å². The molecule has 102 valence electrons. The minimum atomic E-state index is 0.947. The zero-order valence-electron chi connectivity index (χ0n) is 12.1. The Labute approximate surface area is 115 Å². The van der Waals surface area contributed by atoms with Gasteiger partial charge in [-0.15, -0.1) is 0 Å². The van der Waals surface area contributed by atoms with Crippen molar-refractivity contribution in [1.82, 2.24) is 9.58 Å². The van der Waals surface area contributed by atoms with E-state index in [1.165, 1.54) is 11.1 Å². The van der Waals surface area contributed by atoms with E-state index < -0.39 is 0 Å². The van der Waals surface area contributed by atoms with Crippen LogP contribution < -0.4 is 5.84 Å². The lowest BCUT2D eigenvalue weighted by atomic mass is 10.1. The van der Waals surface area contributed by atoms with Crippen LogP contribution in [-0.4, -0.2) is 22.7 Å². The van der Waals surface area contributed by atoms with Crippen molar-refractivity contribution < 1.29 is 0 Å². The maximum atomic E-state index is 6.19. The number of rotatable bonds is 5.